The summed E-state index contributed by atoms with van der Waals surface area (Å²) >= 11 is 6.40. The fourth-order valence-electron chi connectivity index (χ4n) is 3.52. The summed E-state index contributed by atoms with van der Waals surface area (Å²) in [5.74, 6) is 0.796. The standard InChI is InChI=1S/C23H29ClO7/c1-2-29-17-7-4-14(5-8-17)12-16-13-15(6-9-18(16)24)22-20(27)19(26)21(28)23(31-22)30-11-3-10-25/h4-9,13,19-23,25-28H,2-3,10-12H2,1H3/t19-,20-,21+,22+,23?/m1/s1. The van der Waals surface area contributed by atoms with Crippen LogP contribution in [-0.2, 0) is 15.9 Å². The summed E-state index contributed by atoms with van der Waals surface area (Å²) in [5, 5.41) is 40.4. The van der Waals surface area contributed by atoms with Gasteiger partial charge in [0.15, 0.2) is 6.29 Å². The van der Waals surface area contributed by atoms with E-state index in [0.717, 1.165) is 16.9 Å². The molecule has 0 amide bonds. The summed E-state index contributed by atoms with van der Waals surface area (Å²) in [6.45, 7) is 2.61. The molecule has 1 saturated heterocycles. The average Bonchev–Trinajstić information content (AvgIpc) is 2.77. The monoisotopic (exact) mass is 452 g/mol. The third-order valence-electron chi connectivity index (χ3n) is 5.18. The van der Waals surface area contributed by atoms with E-state index in [1.807, 2.05) is 37.3 Å². The van der Waals surface area contributed by atoms with E-state index in [1.165, 1.54) is 0 Å². The van der Waals surface area contributed by atoms with Gasteiger partial charge in [-0.05, 0) is 54.7 Å². The van der Waals surface area contributed by atoms with Crippen LogP contribution in [0.15, 0.2) is 42.5 Å². The normalized spacial score (nSPS) is 26.1. The number of ether oxygens (including phenoxy) is 3. The van der Waals surface area contributed by atoms with Gasteiger partial charge in [-0.3, -0.25) is 0 Å². The Morgan fingerprint density at radius 2 is 1.74 bits per heavy atom. The second kappa shape index (κ2) is 11.2. The summed E-state index contributed by atoms with van der Waals surface area (Å²) in [7, 11) is 0. The highest BCUT2D eigenvalue weighted by Crippen LogP contribution is 2.35. The van der Waals surface area contributed by atoms with Crippen molar-refractivity contribution < 1.29 is 34.6 Å². The molecule has 0 saturated carbocycles. The third kappa shape index (κ3) is 5.96. The molecule has 1 aliphatic rings. The number of aliphatic hydroxyl groups is 4. The lowest BCUT2D eigenvalue weighted by atomic mass is 9.92. The molecule has 31 heavy (non-hydrogen) atoms. The summed E-state index contributed by atoms with van der Waals surface area (Å²) < 4.78 is 16.7. The minimum Gasteiger partial charge on any atom is -0.494 e. The van der Waals surface area contributed by atoms with Crippen molar-refractivity contribution in [1.82, 2.24) is 0 Å². The molecule has 1 fully saturated rings. The van der Waals surface area contributed by atoms with Crippen LogP contribution >= 0.6 is 11.6 Å². The Morgan fingerprint density at radius 1 is 1.00 bits per heavy atom. The fourth-order valence-corrected chi connectivity index (χ4v) is 3.71. The van der Waals surface area contributed by atoms with Gasteiger partial charge in [-0.25, -0.2) is 0 Å². The molecule has 2 aromatic carbocycles. The first kappa shape index (κ1) is 23.9. The van der Waals surface area contributed by atoms with Crippen LogP contribution in [0.3, 0.4) is 0 Å². The number of rotatable bonds is 9. The Labute approximate surface area is 186 Å². The molecule has 3 rings (SSSR count). The lowest BCUT2D eigenvalue weighted by molar-refractivity contribution is -0.299. The molecule has 0 aromatic heterocycles. The van der Waals surface area contributed by atoms with Crippen LogP contribution in [0.5, 0.6) is 5.75 Å². The first-order valence-corrected chi connectivity index (χ1v) is 10.7. The SMILES string of the molecule is CCOc1ccc(Cc2cc([C@@H]3OC(OCCCO)[C@@H](O)[C@H](O)[C@H]3O)ccc2Cl)cc1. The van der Waals surface area contributed by atoms with Crippen LogP contribution in [0.2, 0.25) is 5.02 Å². The second-order valence-corrected chi connectivity index (χ2v) is 7.86. The van der Waals surface area contributed by atoms with Gasteiger partial charge < -0.3 is 34.6 Å². The number of hydrogen-bond donors (Lipinski definition) is 4. The van der Waals surface area contributed by atoms with Gasteiger partial charge in [0, 0.05) is 11.6 Å². The van der Waals surface area contributed by atoms with Crippen LogP contribution in [0.1, 0.15) is 36.1 Å². The topological polar surface area (TPSA) is 109 Å². The van der Waals surface area contributed by atoms with Crippen molar-refractivity contribution >= 4 is 11.6 Å². The predicted molar refractivity (Wildman–Crippen MR) is 115 cm³/mol. The maximum Gasteiger partial charge on any atom is 0.186 e. The Bertz CT molecular complexity index is 829. The second-order valence-electron chi connectivity index (χ2n) is 7.45. The van der Waals surface area contributed by atoms with E-state index >= 15 is 0 Å². The number of halogens is 1. The van der Waals surface area contributed by atoms with Gasteiger partial charge in [0.2, 0.25) is 0 Å². The fraction of sp³-hybridized carbons (Fsp3) is 0.478. The molecule has 0 aliphatic carbocycles. The molecule has 170 valence electrons. The van der Waals surface area contributed by atoms with E-state index in [2.05, 4.69) is 0 Å². The number of aliphatic hydroxyl groups excluding tert-OH is 4. The van der Waals surface area contributed by atoms with Crippen molar-refractivity contribution in [2.75, 3.05) is 19.8 Å². The molecule has 4 N–H and O–H groups in total. The first-order chi connectivity index (χ1) is 14.9. The smallest absolute Gasteiger partial charge is 0.186 e. The van der Waals surface area contributed by atoms with Crippen LogP contribution in [0.25, 0.3) is 0 Å². The molecule has 2 aromatic rings. The van der Waals surface area contributed by atoms with Crippen molar-refractivity contribution in [2.45, 2.75) is 50.5 Å². The van der Waals surface area contributed by atoms with Gasteiger partial charge in [0.05, 0.1) is 13.2 Å². The molecular weight excluding hydrogens is 424 g/mol. The molecule has 5 atom stereocenters. The van der Waals surface area contributed by atoms with Crippen molar-refractivity contribution in [3.8, 4) is 5.75 Å². The van der Waals surface area contributed by atoms with Crippen molar-refractivity contribution in [3.05, 3.63) is 64.2 Å². The molecule has 1 aliphatic heterocycles. The van der Waals surface area contributed by atoms with E-state index in [1.54, 1.807) is 12.1 Å². The maximum atomic E-state index is 10.5. The summed E-state index contributed by atoms with van der Waals surface area (Å²) in [5.41, 5.74) is 2.48. The molecule has 7 nitrogen and oxygen atoms in total. The van der Waals surface area contributed by atoms with Crippen LogP contribution in [-0.4, -0.2) is 64.8 Å². The van der Waals surface area contributed by atoms with Crippen LogP contribution < -0.4 is 4.74 Å². The Kier molecular flexibility index (Phi) is 8.68. The largest absolute Gasteiger partial charge is 0.494 e. The van der Waals surface area contributed by atoms with E-state index in [9.17, 15) is 15.3 Å². The van der Waals surface area contributed by atoms with Crippen LogP contribution in [0.4, 0.5) is 0 Å². The van der Waals surface area contributed by atoms with Gasteiger partial charge in [0.25, 0.3) is 0 Å². The van der Waals surface area contributed by atoms with Gasteiger partial charge in [-0.15, -0.1) is 0 Å². The highest BCUT2D eigenvalue weighted by atomic mass is 35.5. The summed E-state index contributed by atoms with van der Waals surface area (Å²) in [6.07, 6.45) is -5.29. The van der Waals surface area contributed by atoms with E-state index in [0.29, 0.717) is 30.0 Å². The quantitative estimate of drug-likeness (QED) is 0.432. The number of hydrogen-bond acceptors (Lipinski definition) is 7. The van der Waals surface area contributed by atoms with E-state index < -0.39 is 30.7 Å². The Balaban J connectivity index is 1.78. The van der Waals surface area contributed by atoms with Gasteiger partial charge in [0.1, 0.15) is 30.2 Å². The summed E-state index contributed by atoms with van der Waals surface area (Å²) in [6, 6.07) is 13.0. The lowest BCUT2D eigenvalue weighted by Crippen LogP contribution is -2.55. The molecule has 0 spiro atoms. The molecule has 8 heteroatoms. The minimum absolute atomic E-state index is 0.0660. The lowest BCUT2D eigenvalue weighted by Gasteiger charge is -2.40. The molecule has 1 unspecified atom stereocenters. The van der Waals surface area contributed by atoms with Crippen molar-refractivity contribution in [3.63, 3.8) is 0 Å². The predicted octanol–water partition coefficient (Wildman–Crippen LogP) is 2.21. The third-order valence-corrected chi connectivity index (χ3v) is 5.55. The van der Waals surface area contributed by atoms with Gasteiger partial charge >= 0.3 is 0 Å². The zero-order chi connectivity index (χ0) is 22.4. The molecule has 0 bridgehead atoms. The molecule has 1 heterocycles. The molecular formula is C23H29ClO7. The highest BCUT2D eigenvalue weighted by Gasteiger charge is 2.44. The van der Waals surface area contributed by atoms with Gasteiger partial charge in [-0.2, -0.15) is 0 Å². The average molecular weight is 453 g/mol. The van der Waals surface area contributed by atoms with E-state index in [-0.39, 0.29) is 13.2 Å². The Morgan fingerprint density at radius 3 is 2.42 bits per heavy atom. The minimum atomic E-state index is -1.44. The summed E-state index contributed by atoms with van der Waals surface area (Å²) in [4.78, 5) is 0. The van der Waals surface area contributed by atoms with Crippen molar-refractivity contribution in [2.24, 2.45) is 0 Å². The van der Waals surface area contributed by atoms with Crippen LogP contribution in [0, 0.1) is 0 Å². The molecule has 0 radical (unpaired) electrons. The first-order valence-electron chi connectivity index (χ1n) is 10.4. The highest BCUT2D eigenvalue weighted by molar-refractivity contribution is 6.31. The maximum absolute atomic E-state index is 10.5. The zero-order valence-corrected chi connectivity index (χ0v) is 18.1. The van der Waals surface area contributed by atoms with E-state index in [4.69, 9.17) is 30.9 Å². The van der Waals surface area contributed by atoms with Crippen molar-refractivity contribution in [1.29, 1.82) is 0 Å². The number of benzene rings is 2. The van der Waals surface area contributed by atoms with Gasteiger partial charge in [-0.1, -0.05) is 35.9 Å². The zero-order valence-electron chi connectivity index (χ0n) is 17.4. The Hall–Kier alpha value is -1.71.